The van der Waals surface area contributed by atoms with E-state index in [0.29, 0.717) is 0 Å². The number of carbonyl (C=O) groups excluding carboxylic acids is 2. The number of rotatable bonds is 7. The molecule has 0 saturated carbocycles. The standard InChI is InChI=1S/C19H29NO4/c1-6-15(7-2)16(20-18(22)24-19(3,4)5)17(21)23-13-14-11-9-8-10-12-14/h8-12,15-16H,6-7,13H2,1-5H3,(H,20,22)/t16-/m0/s1. The van der Waals surface area contributed by atoms with Crippen molar-refractivity contribution >= 4 is 12.1 Å². The van der Waals surface area contributed by atoms with Crippen molar-refractivity contribution < 1.29 is 19.1 Å². The van der Waals surface area contributed by atoms with Gasteiger partial charge < -0.3 is 14.8 Å². The fourth-order valence-electron chi connectivity index (χ4n) is 2.38. The van der Waals surface area contributed by atoms with Crippen LogP contribution in [0.3, 0.4) is 0 Å². The molecule has 0 aliphatic heterocycles. The lowest BCUT2D eigenvalue weighted by atomic mass is 9.94. The first-order chi connectivity index (χ1) is 11.3. The van der Waals surface area contributed by atoms with Gasteiger partial charge in [-0.25, -0.2) is 9.59 Å². The molecule has 0 fully saturated rings. The molecule has 134 valence electrons. The van der Waals surface area contributed by atoms with Crippen LogP contribution in [0, 0.1) is 5.92 Å². The first kappa shape index (κ1) is 20.0. The van der Waals surface area contributed by atoms with E-state index in [2.05, 4.69) is 5.32 Å². The van der Waals surface area contributed by atoms with Crippen LogP contribution in [0.4, 0.5) is 4.79 Å². The van der Waals surface area contributed by atoms with Gasteiger partial charge in [-0.05, 0) is 32.3 Å². The lowest BCUT2D eigenvalue weighted by molar-refractivity contribution is -0.149. The molecule has 5 nitrogen and oxygen atoms in total. The maximum atomic E-state index is 12.5. The van der Waals surface area contributed by atoms with Gasteiger partial charge in [-0.2, -0.15) is 0 Å². The average Bonchev–Trinajstić information content (AvgIpc) is 2.52. The van der Waals surface area contributed by atoms with Gasteiger partial charge in [0.2, 0.25) is 0 Å². The molecular weight excluding hydrogens is 306 g/mol. The molecule has 0 heterocycles. The van der Waals surface area contributed by atoms with Gasteiger partial charge in [-0.1, -0.05) is 57.0 Å². The Morgan fingerprint density at radius 1 is 1.08 bits per heavy atom. The average molecular weight is 335 g/mol. The number of hydrogen-bond donors (Lipinski definition) is 1. The van der Waals surface area contributed by atoms with Crippen LogP contribution in [-0.4, -0.2) is 23.7 Å². The molecule has 1 aromatic carbocycles. The summed E-state index contributed by atoms with van der Waals surface area (Å²) in [5, 5.41) is 2.68. The van der Waals surface area contributed by atoms with Crippen LogP contribution in [0.1, 0.15) is 53.0 Å². The molecule has 0 spiro atoms. The molecule has 0 aliphatic carbocycles. The van der Waals surface area contributed by atoms with Crippen LogP contribution in [0.15, 0.2) is 30.3 Å². The third kappa shape index (κ3) is 7.02. The number of ether oxygens (including phenoxy) is 2. The minimum atomic E-state index is -0.710. The lowest BCUT2D eigenvalue weighted by Gasteiger charge is -2.27. The Kier molecular flexibility index (Phi) is 7.75. The van der Waals surface area contributed by atoms with Crippen molar-refractivity contribution in [3.63, 3.8) is 0 Å². The predicted octanol–water partition coefficient (Wildman–Crippen LogP) is 4.06. The highest BCUT2D eigenvalue weighted by atomic mass is 16.6. The summed E-state index contributed by atoms with van der Waals surface area (Å²) < 4.78 is 10.7. The maximum Gasteiger partial charge on any atom is 0.408 e. The van der Waals surface area contributed by atoms with Crippen LogP contribution in [0.25, 0.3) is 0 Å². The van der Waals surface area contributed by atoms with Crippen LogP contribution in [0.2, 0.25) is 0 Å². The molecule has 1 aromatic rings. The zero-order valence-electron chi connectivity index (χ0n) is 15.3. The summed E-state index contributed by atoms with van der Waals surface area (Å²) >= 11 is 0. The second-order valence-electron chi connectivity index (χ2n) is 6.79. The Labute approximate surface area is 144 Å². The number of amides is 1. The fraction of sp³-hybridized carbons (Fsp3) is 0.579. The van der Waals surface area contributed by atoms with Crippen molar-refractivity contribution in [2.45, 2.75) is 65.7 Å². The van der Waals surface area contributed by atoms with Gasteiger partial charge in [0.05, 0.1) is 0 Å². The largest absolute Gasteiger partial charge is 0.459 e. The van der Waals surface area contributed by atoms with Gasteiger partial charge in [0.15, 0.2) is 0 Å². The summed E-state index contributed by atoms with van der Waals surface area (Å²) in [7, 11) is 0. The van der Waals surface area contributed by atoms with Crippen LogP contribution < -0.4 is 5.32 Å². The molecule has 1 amide bonds. The number of esters is 1. The van der Waals surface area contributed by atoms with Crippen molar-refractivity contribution in [2.75, 3.05) is 0 Å². The zero-order chi connectivity index (χ0) is 18.2. The summed E-state index contributed by atoms with van der Waals surface area (Å²) in [6.45, 7) is 9.52. The van der Waals surface area contributed by atoms with Crippen molar-refractivity contribution in [1.82, 2.24) is 5.32 Å². The summed E-state index contributed by atoms with van der Waals surface area (Å²) in [5.74, 6) is -0.431. The Morgan fingerprint density at radius 3 is 2.17 bits per heavy atom. The van der Waals surface area contributed by atoms with E-state index in [1.807, 2.05) is 44.2 Å². The molecule has 0 saturated heterocycles. The van der Waals surface area contributed by atoms with E-state index in [4.69, 9.17) is 9.47 Å². The SMILES string of the molecule is CCC(CC)[C@H](NC(=O)OC(C)(C)C)C(=O)OCc1ccccc1. The maximum absolute atomic E-state index is 12.5. The van der Waals surface area contributed by atoms with Gasteiger partial charge in [0, 0.05) is 0 Å². The van der Waals surface area contributed by atoms with Crippen molar-refractivity contribution in [2.24, 2.45) is 5.92 Å². The van der Waals surface area contributed by atoms with Gasteiger partial charge in [0.25, 0.3) is 0 Å². The molecule has 0 bridgehead atoms. The molecule has 1 N–H and O–H groups in total. The fourth-order valence-corrected chi connectivity index (χ4v) is 2.38. The van der Waals surface area contributed by atoms with E-state index in [1.54, 1.807) is 20.8 Å². The summed E-state index contributed by atoms with van der Waals surface area (Å²) in [5.41, 5.74) is 0.294. The van der Waals surface area contributed by atoms with Crippen LogP contribution >= 0.6 is 0 Å². The molecule has 1 rings (SSSR count). The number of hydrogen-bond acceptors (Lipinski definition) is 4. The summed E-state index contributed by atoms with van der Waals surface area (Å²) in [6, 6.07) is 8.75. The van der Waals surface area contributed by atoms with E-state index >= 15 is 0 Å². The highest BCUT2D eigenvalue weighted by molar-refractivity contribution is 5.81. The first-order valence-electron chi connectivity index (χ1n) is 8.46. The van der Waals surface area contributed by atoms with Crippen molar-refractivity contribution in [1.29, 1.82) is 0 Å². The molecule has 1 atom stereocenters. The van der Waals surface area contributed by atoms with Crippen LogP contribution in [-0.2, 0) is 20.9 Å². The molecule has 0 radical (unpaired) electrons. The zero-order valence-corrected chi connectivity index (χ0v) is 15.3. The van der Waals surface area contributed by atoms with E-state index in [0.717, 1.165) is 18.4 Å². The molecule has 5 heteroatoms. The minimum Gasteiger partial charge on any atom is -0.459 e. The third-order valence-electron chi connectivity index (χ3n) is 3.67. The van der Waals surface area contributed by atoms with E-state index in [9.17, 15) is 9.59 Å². The summed E-state index contributed by atoms with van der Waals surface area (Å²) in [4.78, 5) is 24.5. The molecular formula is C19H29NO4. The first-order valence-corrected chi connectivity index (χ1v) is 8.46. The molecule has 0 aromatic heterocycles. The van der Waals surface area contributed by atoms with E-state index in [-0.39, 0.29) is 12.5 Å². The van der Waals surface area contributed by atoms with Gasteiger partial charge >= 0.3 is 12.1 Å². The van der Waals surface area contributed by atoms with Crippen molar-refractivity contribution in [3.8, 4) is 0 Å². The van der Waals surface area contributed by atoms with Gasteiger partial charge in [-0.15, -0.1) is 0 Å². The smallest absolute Gasteiger partial charge is 0.408 e. The predicted molar refractivity (Wildman–Crippen MR) is 93.5 cm³/mol. The number of carbonyl (C=O) groups is 2. The third-order valence-corrected chi connectivity index (χ3v) is 3.67. The van der Waals surface area contributed by atoms with Crippen molar-refractivity contribution in [3.05, 3.63) is 35.9 Å². The second kappa shape index (κ2) is 9.30. The monoisotopic (exact) mass is 335 g/mol. The Bertz CT molecular complexity index is 518. The van der Waals surface area contributed by atoms with Crippen LogP contribution in [0.5, 0.6) is 0 Å². The second-order valence-corrected chi connectivity index (χ2v) is 6.79. The lowest BCUT2D eigenvalue weighted by Crippen LogP contribution is -2.48. The Balaban J connectivity index is 2.73. The Morgan fingerprint density at radius 2 is 1.67 bits per heavy atom. The number of benzene rings is 1. The number of alkyl carbamates (subject to hydrolysis) is 1. The molecule has 0 unspecified atom stereocenters. The highest BCUT2D eigenvalue weighted by Gasteiger charge is 2.31. The minimum absolute atomic E-state index is 0.000733. The number of nitrogens with one attached hydrogen (secondary N) is 1. The van der Waals surface area contributed by atoms with E-state index in [1.165, 1.54) is 0 Å². The highest BCUT2D eigenvalue weighted by Crippen LogP contribution is 2.17. The van der Waals surface area contributed by atoms with Gasteiger partial charge in [-0.3, -0.25) is 0 Å². The summed E-state index contributed by atoms with van der Waals surface area (Å²) in [6.07, 6.45) is 0.922. The quantitative estimate of drug-likeness (QED) is 0.763. The topological polar surface area (TPSA) is 64.6 Å². The molecule has 24 heavy (non-hydrogen) atoms. The van der Waals surface area contributed by atoms with E-state index < -0.39 is 23.7 Å². The molecule has 0 aliphatic rings. The van der Waals surface area contributed by atoms with Gasteiger partial charge in [0.1, 0.15) is 18.2 Å². The normalized spacial score (nSPS) is 12.6. The Hall–Kier alpha value is -2.04.